The van der Waals surface area contributed by atoms with Gasteiger partial charge in [-0.05, 0) is 142 Å². The second-order valence-electron chi connectivity index (χ2n) is 39.3. The first-order chi connectivity index (χ1) is 73.5. The van der Waals surface area contributed by atoms with Crippen molar-refractivity contribution in [3.8, 4) is 125 Å². The molecule has 5 aliphatic carbocycles. The summed E-state index contributed by atoms with van der Waals surface area (Å²) in [6.45, 7) is 6.87. The molecule has 0 spiro atoms. The highest BCUT2D eigenvalue weighted by Crippen LogP contribution is 2.56. The van der Waals surface area contributed by atoms with E-state index >= 15 is 0 Å². The minimum atomic E-state index is -0.0428. The molecule has 29 rings (SSSR count). The minimum absolute atomic E-state index is 0.00244. The smallest absolute Gasteiger partial charge is 0.280 e. The van der Waals surface area contributed by atoms with Gasteiger partial charge >= 0.3 is 0 Å². The average molecular weight is 2060 g/mol. The van der Waals surface area contributed by atoms with E-state index in [4.69, 9.17) is 27.1 Å². The number of carbonyl (C=O) groups is 5. The summed E-state index contributed by atoms with van der Waals surface area (Å²) in [5.74, 6) is 9.35. The zero-order valence-corrected chi connectivity index (χ0v) is 82.8. The molecule has 6 aliphatic heterocycles. The number of aryl methyl sites for hydroxylation is 2. The Morgan fingerprint density at radius 2 is 0.780 bits per heavy atom. The van der Waals surface area contributed by atoms with Gasteiger partial charge in [-0.1, -0.05) is 136 Å². The zero-order valence-electron chi connectivity index (χ0n) is 81.2. The summed E-state index contributed by atoms with van der Waals surface area (Å²) < 4.78 is 38.8. The van der Waals surface area contributed by atoms with Gasteiger partial charge in [-0.3, -0.25) is 32.8 Å². The molecule has 0 saturated carbocycles. The number of hydrogen-bond acceptors (Lipinski definition) is 36. The third kappa shape index (κ3) is 17.0. The predicted octanol–water partition coefficient (Wildman–Crippen LogP) is 12.5. The number of amides is 5. The number of hydrogen-bond donors (Lipinski definition) is 5. The Morgan fingerprint density at radius 3 is 1.19 bits per heavy atom. The molecule has 5 fully saturated rings. The number of rotatable bonds is 22. The second kappa shape index (κ2) is 39.5. The van der Waals surface area contributed by atoms with Crippen LogP contribution in [0.5, 0.6) is 0 Å². The SMILES string of the molecule is CC(C)c1ncc(-c2nc(-c3cccc4c3CC3CC(=O)N(CCO)C43)no2)s1.O=C1CC2Cc3c(-c4noc(-c5cc(-c6nccs6)on5)n4)cccc3C2N1CCO.O=C1CC2Cc3c(-c4noc(-c5cn6c(n5)CCCC6)n4)cccc3C2N1CCO.O=C1CC2Cc3c(-c4noc(-c5cn6cccnc6n5)n4)cccc3C2N1CCO.O=C1CC2Cc3c(-c4noc(-c5cnc6ncccn56)n4)cccc3C2N1CCO. The van der Waals surface area contributed by atoms with Gasteiger partial charge in [0.1, 0.15) is 27.8 Å². The Labute approximate surface area is 861 Å². The van der Waals surface area contributed by atoms with Crippen molar-refractivity contribution in [1.29, 1.82) is 0 Å². The van der Waals surface area contributed by atoms with Crippen molar-refractivity contribution >= 4 is 63.8 Å². The van der Waals surface area contributed by atoms with E-state index in [1.807, 2.05) is 113 Å². The van der Waals surface area contributed by atoms with Gasteiger partial charge in [-0.25, -0.2) is 34.9 Å². The van der Waals surface area contributed by atoms with Gasteiger partial charge in [0.15, 0.2) is 16.5 Å². The van der Waals surface area contributed by atoms with Crippen molar-refractivity contribution in [3.05, 3.63) is 237 Å². The van der Waals surface area contributed by atoms with Crippen LogP contribution in [0.2, 0.25) is 0 Å². The molecule has 44 heteroatoms. The predicted molar refractivity (Wildman–Crippen MR) is 535 cm³/mol. The molecule has 42 nitrogen and oxygen atoms in total. The fraction of sp³-hybridized carbons (Fsp3) is 0.349. The van der Waals surface area contributed by atoms with Crippen LogP contribution in [0.1, 0.15) is 161 Å². The molecule has 760 valence electrons. The van der Waals surface area contributed by atoms with Gasteiger partial charge in [-0.15, -0.1) is 22.7 Å². The molecule has 0 bridgehead atoms. The van der Waals surface area contributed by atoms with Crippen LogP contribution in [-0.4, -0.2) is 249 Å². The van der Waals surface area contributed by atoms with E-state index in [1.165, 1.54) is 35.3 Å². The molecule has 5 aromatic carbocycles. The van der Waals surface area contributed by atoms with Gasteiger partial charge in [0.05, 0.1) is 80.6 Å². The number of carbonyl (C=O) groups excluding carboxylic acids is 5. The molecule has 0 radical (unpaired) electrons. The first-order valence-corrected chi connectivity index (χ1v) is 52.0. The normalized spacial score (nSPS) is 20.6. The first-order valence-electron chi connectivity index (χ1n) is 50.3. The molecule has 5 amide bonds. The van der Waals surface area contributed by atoms with Gasteiger partial charge < -0.3 is 81.7 Å². The van der Waals surface area contributed by atoms with Crippen LogP contribution in [0.3, 0.4) is 0 Å². The minimum Gasteiger partial charge on any atom is -0.395 e. The van der Waals surface area contributed by atoms with Crippen molar-refractivity contribution in [2.75, 3.05) is 65.8 Å². The number of β-amino-alcohol motifs (C(OH)–C–C–N with tert-alkyl or cyclic N) is 5. The monoisotopic (exact) mass is 2050 g/mol. The maximum Gasteiger partial charge on any atom is 0.280 e. The summed E-state index contributed by atoms with van der Waals surface area (Å²) in [7, 11) is 0. The van der Waals surface area contributed by atoms with Crippen LogP contribution in [0.4, 0.5) is 0 Å². The Balaban J connectivity index is 0.0000000971. The van der Waals surface area contributed by atoms with E-state index in [0.29, 0.717) is 158 Å². The highest BCUT2D eigenvalue weighted by molar-refractivity contribution is 7.15. The Kier molecular flexibility index (Phi) is 25.0. The third-order valence-electron chi connectivity index (χ3n) is 30.4. The van der Waals surface area contributed by atoms with Gasteiger partial charge in [0, 0.05) is 166 Å². The summed E-state index contributed by atoms with van der Waals surface area (Å²) in [6.07, 6.45) is 25.9. The second-order valence-corrected chi connectivity index (χ2v) is 41.3. The standard InChI is InChI=1S/C22H23N5O3.2C21H18N6O3.C21H17N5O4S.C21H22N4O3S/c28-9-8-27-19(29)11-13-10-16-14(20(13)27)4-3-5-15(16)21-24-22(30-25-21)17-12-26-7-2-1-6-18(26)23-17;28-8-7-27-17(29)10-12-9-15-13(18(12)27)3-1-4-14(15)19-24-20(30-25-19)16-11-26-6-2-5-22-21(26)23-16;28-8-7-27-17(29)10-12-9-15-13(18(12)27)3-1-4-14(15)19-24-20(30-25-19)16-11-23-21-22-5-2-6-26(16)21;27-6-5-26-17(28)9-11-8-14-12(18(11)26)2-1-3-13(14)19-23-20(30-25-19)15-10-16(29-24-15)21-22-4-7-31-21;1-11(2)21-22-10-16(29-21)20-23-19(24-28-20)14-5-3-4-13-15(14)8-12-9-17(27)25(6-7-26)18(12)13/h3-5,12-13,20,28H,1-2,6-11H2;2*1-6,11-12,18,28H,7-10H2;1-4,7,10-11,18,27H,5-6,8-9H2;3-5,10-12,18,26H,6-9H2,1-2H3. The van der Waals surface area contributed by atoms with Crippen LogP contribution >= 0.6 is 22.7 Å². The number of imidazole rings is 3. The molecular formula is C106H98N26O16S2. The summed E-state index contributed by atoms with van der Waals surface area (Å²) in [5, 5.41) is 75.6. The lowest BCUT2D eigenvalue weighted by Gasteiger charge is -2.24. The Morgan fingerprint density at radius 1 is 0.380 bits per heavy atom. The van der Waals surface area contributed by atoms with E-state index in [9.17, 15) is 49.5 Å². The molecule has 5 N–H and O–H groups in total. The number of benzene rings is 5. The van der Waals surface area contributed by atoms with Gasteiger partial charge in [0.25, 0.3) is 29.5 Å². The number of aliphatic hydroxyl groups is 5. The summed E-state index contributed by atoms with van der Waals surface area (Å²) >= 11 is 3.03. The number of aliphatic hydroxyl groups excluding tert-OH is 5. The number of likely N-dealkylation sites (tertiary alicyclic amines) is 5. The van der Waals surface area contributed by atoms with E-state index in [-0.39, 0.29) is 128 Å². The number of thiazole rings is 2. The lowest BCUT2D eigenvalue weighted by molar-refractivity contribution is -0.130. The molecule has 13 aromatic heterocycles. The quantitative estimate of drug-likeness (QED) is 0.0421. The number of nitrogens with zero attached hydrogens (tertiary/aromatic N) is 26. The molecule has 5 saturated heterocycles. The molecule has 150 heavy (non-hydrogen) atoms. The van der Waals surface area contributed by atoms with Crippen LogP contribution in [0.15, 0.2) is 197 Å². The highest BCUT2D eigenvalue weighted by Gasteiger charge is 2.52. The van der Waals surface area contributed by atoms with Crippen molar-refractivity contribution in [3.63, 3.8) is 0 Å². The Hall–Kier alpha value is -16.1. The maximum absolute atomic E-state index is 12.4. The molecule has 11 aliphatic rings. The summed E-state index contributed by atoms with van der Waals surface area (Å²) in [6, 6.07) is 35.6. The third-order valence-corrected chi connectivity index (χ3v) is 32.5. The fourth-order valence-corrected chi connectivity index (χ4v) is 25.6. The zero-order chi connectivity index (χ0) is 102. The lowest BCUT2D eigenvalue weighted by Crippen LogP contribution is -2.30. The topological polar surface area (TPSA) is 527 Å². The molecule has 10 atom stereocenters. The van der Waals surface area contributed by atoms with Crippen molar-refractivity contribution in [2.24, 2.45) is 29.6 Å². The molecular weight excluding hydrogens is 1960 g/mol. The van der Waals surface area contributed by atoms with Crippen molar-refractivity contribution in [1.82, 2.24) is 129 Å². The van der Waals surface area contributed by atoms with E-state index in [0.717, 1.165) is 144 Å². The van der Waals surface area contributed by atoms with Crippen LogP contribution in [0.25, 0.3) is 136 Å². The molecule has 18 aromatic rings. The first kappa shape index (κ1) is 94.8. The van der Waals surface area contributed by atoms with E-state index in [1.54, 1.807) is 78.1 Å². The summed E-state index contributed by atoms with van der Waals surface area (Å²) in [4.78, 5) is 125. The summed E-state index contributed by atoms with van der Waals surface area (Å²) in [5.41, 5.74) is 18.4. The number of fused-ring (bicyclic) bond motifs is 18. The maximum atomic E-state index is 12.4. The van der Waals surface area contributed by atoms with E-state index in [2.05, 4.69) is 133 Å². The average Bonchev–Trinajstić information content (AvgIpc) is 1.60. The van der Waals surface area contributed by atoms with Crippen molar-refractivity contribution < 1.29 is 76.6 Å². The molecule has 10 unspecified atom stereocenters. The van der Waals surface area contributed by atoms with E-state index < -0.39 is 0 Å². The van der Waals surface area contributed by atoms with Gasteiger partial charge in [0.2, 0.25) is 70.2 Å². The van der Waals surface area contributed by atoms with Crippen LogP contribution in [-0.2, 0) is 69.0 Å². The highest BCUT2D eigenvalue weighted by atomic mass is 32.1. The number of aromatic nitrogens is 21. The largest absolute Gasteiger partial charge is 0.395 e. The lowest BCUT2D eigenvalue weighted by atomic mass is 10.0. The van der Waals surface area contributed by atoms with Crippen molar-refractivity contribution in [2.45, 2.75) is 140 Å². The van der Waals surface area contributed by atoms with Crippen LogP contribution in [0, 0.1) is 29.6 Å². The van der Waals surface area contributed by atoms with Gasteiger partial charge in [-0.2, -0.15) is 24.9 Å². The Bertz CT molecular complexity index is 8150. The molecule has 19 heterocycles. The fourth-order valence-electron chi connectivity index (χ4n) is 24.2. The van der Waals surface area contributed by atoms with Crippen LogP contribution < -0.4 is 0 Å².